The van der Waals surface area contributed by atoms with Gasteiger partial charge in [0.15, 0.2) is 0 Å². The van der Waals surface area contributed by atoms with E-state index in [-0.39, 0.29) is 17.1 Å². The summed E-state index contributed by atoms with van der Waals surface area (Å²) in [6.07, 6.45) is 0.227. The van der Waals surface area contributed by atoms with Gasteiger partial charge in [0.2, 0.25) is 0 Å². The summed E-state index contributed by atoms with van der Waals surface area (Å²) >= 11 is 5.72. The van der Waals surface area contributed by atoms with Crippen molar-refractivity contribution in [3.8, 4) is 5.69 Å². The van der Waals surface area contributed by atoms with Gasteiger partial charge < -0.3 is 0 Å². The van der Waals surface area contributed by atoms with E-state index in [4.69, 9.17) is 11.6 Å². The van der Waals surface area contributed by atoms with Crippen molar-refractivity contribution < 1.29 is 8.78 Å². The molecule has 1 aromatic carbocycles. The highest BCUT2D eigenvalue weighted by Crippen LogP contribution is 2.15. The Bertz CT molecular complexity index is 732. The minimum atomic E-state index is -1.00. The fourth-order valence-corrected chi connectivity index (χ4v) is 2.05. The molecule has 0 radical (unpaired) electrons. The Hall–Kier alpha value is -1.95. The third-order valence-corrected chi connectivity index (χ3v) is 2.98. The topological polar surface area (TPSA) is 54.9 Å². The first-order valence-electron chi connectivity index (χ1n) is 5.45. The van der Waals surface area contributed by atoms with Crippen molar-refractivity contribution in [3.05, 3.63) is 61.4 Å². The standard InChI is InChI=1S/C12H9ClF2N2O2/c1-2-6-10(13)16-12(19)17(11(6)18)9-7(14)4-3-5-8(9)15/h3-5H,2H2,1H3,(H,16,19). The number of H-pyrrole nitrogens is 1. The molecular formula is C12H9ClF2N2O2. The van der Waals surface area contributed by atoms with Crippen LogP contribution in [0.1, 0.15) is 12.5 Å². The van der Waals surface area contributed by atoms with Crippen LogP contribution in [0.2, 0.25) is 5.15 Å². The number of hydrogen-bond donors (Lipinski definition) is 1. The summed E-state index contributed by atoms with van der Waals surface area (Å²) in [6, 6.07) is 3.07. The average Bonchev–Trinajstić information content (AvgIpc) is 2.33. The Morgan fingerprint density at radius 2 is 1.84 bits per heavy atom. The van der Waals surface area contributed by atoms with Gasteiger partial charge in [-0.2, -0.15) is 0 Å². The molecule has 1 N–H and O–H groups in total. The lowest BCUT2D eigenvalue weighted by Gasteiger charge is -2.09. The van der Waals surface area contributed by atoms with Crippen molar-refractivity contribution in [3.63, 3.8) is 0 Å². The van der Waals surface area contributed by atoms with Crippen molar-refractivity contribution in [2.45, 2.75) is 13.3 Å². The zero-order valence-corrected chi connectivity index (χ0v) is 10.6. The molecule has 0 amide bonds. The van der Waals surface area contributed by atoms with Crippen molar-refractivity contribution >= 4 is 11.6 Å². The van der Waals surface area contributed by atoms with Crippen LogP contribution in [0.25, 0.3) is 5.69 Å². The molecule has 0 saturated carbocycles. The van der Waals surface area contributed by atoms with Crippen LogP contribution in [-0.4, -0.2) is 9.55 Å². The predicted molar refractivity (Wildman–Crippen MR) is 67.0 cm³/mol. The van der Waals surface area contributed by atoms with Gasteiger partial charge in [-0.1, -0.05) is 24.6 Å². The van der Waals surface area contributed by atoms with Crippen LogP contribution in [0.5, 0.6) is 0 Å². The van der Waals surface area contributed by atoms with Crippen molar-refractivity contribution in [1.82, 2.24) is 9.55 Å². The Balaban J connectivity index is 2.92. The molecular weight excluding hydrogens is 278 g/mol. The smallest absolute Gasteiger partial charge is 0.297 e. The quantitative estimate of drug-likeness (QED) is 0.859. The molecule has 0 unspecified atom stereocenters. The van der Waals surface area contributed by atoms with Gasteiger partial charge in [0, 0.05) is 0 Å². The second-order valence-corrected chi connectivity index (χ2v) is 4.17. The zero-order valence-electron chi connectivity index (χ0n) is 9.84. The number of aromatic amines is 1. The minimum Gasteiger partial charge on any atom is -0.297 e. The summed E-state index contributed by atoms with van der Waals surface area (Å²) < 4.78 is 27.7. The highest BCUT2D eigenvalue weighted by Gasteiger charge is 2.18. The van der Waals surface area contributed by atoms with Crippen LogP contribution in [0.15, 0.2) is 27.8 Å². The van der Waals surface area contributed by atoms with Crippen molar-refractivity contribution in [1.29, 1.82) is 0 Å². The molecule has 0 spiro atoms. The van der Waals surface area contributed by atoms with Gasteiger partial charge in [0.1, 0.15) is 22.5 Å². The number of benzene rings is 1. The Morgan fingerprint density at radius 1 is 1.26 bits per heavy atom. The lowest BCUT2D eigenvalue weighted by Crippen LogP contribution is -2.37. The summed E-state index contributed by atoms with van der Waals surface area (Å²) in [6.45, 7) is 1.64. The van der Waals surface area contributed by atoms with Crippen molar-refractivity contribution in [2.24, 2.45) is 0 Å². The first-order valence-corrected chi connectivity index (χ1v) is 5.83. The van der Waals surface area contributed by atoms with E-state index in [1.165, 1.54) is 0 Å². The fourth-order valence-electron chi connectivity index (χ4n) is 1.76. The number of halogens is 3. The number of para-hydroxylation sites is 1. The fraction of sp³-hybridized carbons (Fsp3) is 0.167. The van der Waals surface area contributed by atoms with Crippen LogP contribution >= 0.6 is 11.6 Å². The lowest BCUT2D eigenvalue weighted by molar-refractivity contribution is 0.561. The zero-order chi connectivity index (χ0) is 14.2. The molecule has 19 heavy (non-hydrogen) atoms. The molecule has 100 valence electrons. The van der Waals surface area contributed by atoms with Gasteiger partial charge in [-0.3, -0.25) is 9.78 Å². The monoisotopic (exact) mass is 286 g/mol. The molecule has 0 saturated heterocycles. The molecule has 2 aromatic rings. The molecule has 0 aliphatic rings. The highest BCUT2D eigenvalue weighted by molar-refractivity contribution is 6.30. The van der Waals surface area contributed by atoms with Gasteiger partial charge in [0.25, 0.3) is 5.56 Å². The van der Waals surface area contributed by atoms with Crippen LogP contribution < -0.4 is 11.2 Å². The first kappa shape index (κ1) is 13.5. The minimum absolute atomic E-state index is 0.0870. The highest BCUT2D eigenvalue weighted by atomic mass is 35.5. The molecule has 0 bridgehead atoms. The number of hydrogen-bond acceptors (Lipinski definition) is 2. The SMILES string of the molecule is CCc1c(Cl)[nH]c(=O)n(-c2c(F)cccc2F)c1=O. The molecule has 2 rings (SSSR count). The van der Waals surface area contributed by atoms with Gasteiger partial charge in [0.05, 0.1) is 5.56 Å². The van der Waals surface area contributed by atoms with Gasteiger partial charge in [-0.15, -0.1) is 0 Å². The third kappa shape index (κ3) is 2.19. The van der Waals surface area contributed by atoms with Crippen LogP contribution in [0.3, 0.4) is 0 Å². The molecule has 1 aromatic heterocycles. The predicted octanol–water partition coefficient (Wildman–Crippen LogP) is 2.02. The average molecular weight is 287 g/mol. The summed E-state index contributed by atoms with van der Waals surface area (Å²) in [4.78, 5) is 26.0. The molecule has 1 heterocycles. The maximum atomic E-state index is 13.6. The molecule has 7 heteroatoms. The first-order chi connectivity index (χ1) is 8.97. The molecule has 0 atom stereocenters. The largest absolute Gasteiger partial charge is 0.334 e. The van der Waals surface area contributed by atoms with Crippen LogP contribution in [-0.2, 0) is 6.42 Å². The second kappa shape index (κ2) is 4.97. The van der Waals surface area contributed by atoms with E-state index in [1.807, 2.05) is 0 Å². The summed E-state index contributed by atoms with van der Waals surface area (Å²) in [7, 11) is 0. The third-order valence-electron chi connectivity index (χ3n) is 2.66. The van der Waals surface area contributed by atoms with E-state index in [2.05, 4.69) is 4.98 Å². The molecule has 4 nitrogen and oxygen atoms in total. The molecule has 0 aliphatic carbocycles. The second-order valence-electron chi connectivity index (χ2n) is 3.79. The molecule has 0 fully saturated rings. The summed E-state index contributed by atoms with van der Waals surface area (Å²) in [5.41, 5.74) is -2.44. The maximum Gasteiger partial charge on any atom is 0.334 e. The Kier molecular flexibility index (Phi) is 3.53. The van der Waals surface area contributed by atoms with E-state index in [1.54, 1.807) is 6.92 Å². The number of nitrogens with zero attached hydrogens (tertiary/aromatic N) is 1. The number of nitrogens with one attached hydrogen (secondary N) is 1. The van der Waals surface area contributed by atoms with Gasteiger partial charge >= 0.3 is 5.69 Å². The Labute approximate surface area is 111 Å². The number of rotatable bonds is 2. The molecule has 0 aliphatic heterocycles. The van der Waals surface area contributed by atoms with E-state index < -0.39 is 28.6 Å². The maximum absolute atomic E-state index is 13.6. The van der Waals surface area contributed by atoms with E-state index >= 15 is 0 Å². The Morgan fingerprint density at radius 3 is 2.37 bits per heavy atom. The summed E-state index contributed by atoms with van der Waals surface area (Å²) in [5.74, 6) is -2.01. The van der Waals surface area contributed by atoms with E-state index in [0.717, 1.165) is 18.2 Å². The van der Waals surface area contributed by atoms with Gasteiger partial charge in [-0.05, 0) is 18.6 Å². The van der Waals surface area contributed by atoms with Gasteiger partial charge in [-0.25, -0.2) is 18.1 Å². The van der Waals surface area contributed by atoms with Crippen molar-refractivity contribution in [2.75, 3.05) is 0 Å². The van der Waals surface area contributed by atoms with Crippen LogP contribution in [0.4, 0.5) is 8.78 Å². The van der Waals surface area contributed by atoms with E-state index in [9.17, 15) is 18.4 Å². The number of aromatic nitrogens is 2. The summed E-state index contributed by atoms with van der Waals surface area (Å²) in [5, 5.41) is -0.120. The van der Waals surface area contributed by atoms with E-state index in [0.29, 0.717) is 4.57 Å². The van der Waals surface area contributed by atoms with Crippen LogP contribution in [0, 0.1) is 11.6 Å². The lowest BCUT2D eigenvalue weighted by atomic mass is 10.2. The normalized spacial score (nSPS) is 10.7.